The number of carbonyl (C=O) groups is 1. The summed E-state index contributed by atoms with van der Waals surface area (Å²) in [6.45, 7) is 8.53. The second kappa shape index (κ2) is 7.43. The molecule has 1 aliphatic rings. The fourth-order valence-electron chi connectivity index (χ4n) is 2.63. The highest BCUT2D eigenvalue weighted by Gasteiger charge is 2.17. The van der Waals surface area contributed by atoms with Crippen molar-refractivity contribution >= 4 is 5.91 Å². The van der Waals surface area contributed by atoms with Gasteiger partial charge in [-0.15, -0.1) is 0 Å². The lowest BCUT2D eigenvalue weighted by atomic mass is 10.2. The van der Waals surface area contributed by atoms with Crippen LogP contribution in [0.3, 0.4) is 0 Å². The van der Waals surface area contributed by atoms with Gasteiger partial charge in [0.25, 0.3) is 0 Å². The predicted octanol–water partition coefficient (Wildman–Crippen LogP) is 1.92. The molecule has 0 unspecified atom stereocenters. The molecule has 0 saturated carbocycles. The van der Waals surface area contributed by atoms with E-state index in [1.807, 2.05) is 0 Å². The van der Waals surface area contributed by atoms with E-state index in [-0.39, 0.29) is 5.91 Å². The van der Waals surface area contributed by atoms with Crippen LogP contribution in [-0.2, 0) is 24.4 Å². The normalized spacial score (nSPS) is 15.1. The Morgan fingerprint density at radius 3 is 2.95 bits per heavy atom. The van der Waals surface area contributed by atoms with Gasteiger partial charge in [-0.05, 0) is 19.0 Å². The summed E-state index contributed by atoms with van der Waals surface area (Å²) in [4.78, 5) is 13.4. The molecule has 2 heterocycles. The summed E-state index contributed by atoms with van der Waals surface area (Å²) in [5, 5.41) is 7.34. The molecular weight excluding hydrogens is 252 g/mol. The summed E-state index contributed by atoms with van der Waals surface area (Å²) in [6, 6.07) is 2.12. The van der Waals surface area contributed by atoms with Crippen LogP contribution in [0.5, 0.6) is 0 Å². The molecule has 1 aromatic rings. The van der Waals surface area contributed by atoms with E-state index in [0.29, 0.717) is 6.54 Å². The first kappa shape index (κ1) is 15.0. The Balaban J connectivity index is 1.81. The van der Waals surface area contributed by atoms with E-state index in [1.54, 1.807) is 0 Å². The third kappa shape index (κ3) is 4.34. The van der Waals surface area contributed by atoms with Gasteiger partial charge in [0, 0.05) is 20.0 Å². The van der Waals surface area contributed by atoms with Crippen LogP contribution in [0.25, 0.3) is 0 Å². The lowest BCUT2D eigenvalue weighted by Gasteiger charge is -2.27. The van der Waals surface area contributed by atoms with Gasteiger partial charge in [0.15, 0.2) is 0 Å². The van der Waals surface area contributed by atoms with E-state index in [2.05, 4.69) is 33.0 Å². The highest BCUT2D eigenvalue weighted by molar-refractivity contribution is 5.72. The molecule has 0 bridgehead atoms. The Bertz CT molecular complexity index is 441. The molecule has 0 saturated heterocycles. The molecule has 1 aliphatic heterocycles. The molecule has 0 atom stereocenters. The number of unbranched alkanes of at least 4 members (excludes halogenated alkanes) is 3. The lowest BCUT2D eigenvalue weighted by Crippen LogP contribution is -2.34. The van der Waals surface area contributed by atoms with Gasteiger partial charge in [0.2, 0.25) is 5.91 Å². The van der Waals surface area contributed by atoms with Crippen molar-refractivity contribution in [1.29, 1.82) is 0 Å². The van der Waals surface area contributed by atoms with Gasteiger partial charge in [-0.1, -0.05) is 26.2 Å². The molecule has 0 aliphatic carbocycles. The minimum absolute atomic E-state index is 0.00600. The van der Waals surface area contributed by atoms with Crippen LogP contribution in [0.4, 0.5) is 0 Å². The average molecular weight is 278 g/mol. The van der Waals surface area contributed by atoms with Crippen LogP contribution < -0.4 is 5.32 Å². The molecule has 0 aromatic carbocycles. The van der Waals surface area contributed by atoms with E-state index >= 15 is 0 Å². The third-order valence-corrected chi connectivity index (χ3v) is 3.77. The topological polar surface area (TPSA) is 50.2 Å². The van der Waals surface area contributed by atoms with E-state index in [4.69, 9.17) is 0 Å². The monoisotopic (exact) mass is 278 g/mol. The van der Waals surface area contributed by atoms with Gasteiger partial charge in [-0.25, -0.2) is 0 Å². The van der Waals surface area contributed by atoms with Gasteiger partial charge < -0.3 is 5.32 Å². The van der Waals surface area contributed by atoms with E-state index in [9.17, 15) is 4.79 Å². The third-order valence-electron chi connectivity index (χ3n) is 3.77. The minimum atomic E-state index is -0.00600. The molecule has 5 heteroatoms. The van der Waals surface area contributed by atoms with Crippen molar-refractivity contribution in [3.8, 4) is 0 Å². The first-order valence-corrected chi connectivity index (χ1v) is 7.71. The highest BCUT2D eigenvalue weighted by atomic mass is 16.1. The van der Waals surface area contributed by atoms with Crippen LogP contribution in [-0.4, -0.2) is 33.7 Å². The Kier molecular flexibility index (Phi) is 5.59. The number of hydrogen-bond acceptors (Lipinski definition) is 3. The van der Waals surface area contributed by atoms with Crippen LogP contribution in [0, 0.1) is 0 Å². The smallest absolute Gasteiger partial charge is 0.217 e. The second-order valence-corrected chi connectivity index (χ2v) is 5.60. The van der Waals surface area contributed by atoms with Crippen LogP contribution in [0.2, 0.25) is 0 Å². The highest BCUT2D eigenvalue weighted by Crippen LogP contribution is 2.14. The lowest BCUT2D eigenvalue weighted by molar-refractivity contribution is -0.119. The summed E-state index contributed by atoms with van der Waals surface area (Å²) in [5.74, 6) is -0.00600. The number of amides is 1. The molecule has 1 N–H and O–H groups in total. The maximum atomic E-state index is 10.9. The van der Waals surface area contributed by atoms with Crippen molar-refractivity contribution < 1.29 is 4.79 Å². The SMILES string of the molecule is CCCCCCN1CCn2nc(CNC(C)=O)cc2C1. The molecule has 5 nitrogen and oxygen atoms in total. The van der Waals surface area contributed by atoms with Crippen LogP contribution in [0.1, 0.15) is 50.9 Å². The van der Waals surface area contributed by atoms with Gasteiger partial charge in [0.05, 0.1) is 24.5 Å². The number of rotatable bonds is 7. The quantitative estimate of drug-likeness (QED) is 0.775. The number of hydrogen-bond donors (Lipinski definition) is 1. The molecule has 20 heavy (non-hydrogen) atoms. The van der Waals surface area contributed by atoms with Crippen molar-refractivity contribution in [2.24, 2.45) is 0 Å². The number of nitrogens with one attached hydrogen (secondary N) is 1. The molecule has 2 rings (SSSR count). The largest absolute Gasteiger partial charge is 0.351 e. The fraction of sp³-hybridized carbons (Fsp3) is 0.733. The zero-order chi connectivity index (χ0) is 14.4. The maximum Gasteiger partial charge on any atom is 0.217 e. The van der Waals surface area contributed by atoms with Crippen molar-refractivity contribution in [1.82, 2.24) is 20.0 Å². The Morgan fingerprint density at radius 1 is 1.35 bits per heavy atom. The van der Waals surface area contributed by atoms with Crippen molar-refractivity contribution in [3.05, 3.63) is 17.5 Å². The molecule has 0 spiro atoms. The summed E-state index contributed by atoms with van der Waals surface area (Å²) >= 11 is 0. The first-order chi connectivity index (χ1) is 9.69. The Morgan fingerprint density at radius 2 is 2.20 bits per heavy atom. The molecule has 0 fully saturated rings. The van der Waals surface area contributed by atoms with Gasteiger partial charge >= 0.3 is 0 Å². The summed E-state index contributed by atoms with van der Waals surface area (Å²) < 4.78 is 2.08. The average Bonchev–Trinajstić information content (AvgIpc) is 2.83. The van der Waals surface area contributed by atoms with Crippen LogP contribution >= 0.6 is 0 Å². The Hall–Kier alpha value is -1.36. The van der Waals surface area contributed by atoms with Crippen LogP contribution in [0.15, 0.2) is 6.07 Å². The summed E-state index contributed by atoms with van der Waals surface area (Å²) in [7, 11) is 0. The van der Waals surface area contributed by atoms with Gasteiger partial charge in [0.1, 0.15) is 0 Å². The number of fused-ring (bicyclic) bond motifs is 1. The minimum Gasteiger partial charge on any atom is -0.351 e. The fourth-order valence-corrected chi connectivity index (χ4v) is 2.63. The molecular formula is C15H26N4O. The van der Waals surface area contributed by atoms with Crippen molar-refractivity contribution in [2.45, 2.75) is 59.2 Å². The zero-order valence-corrected chi connectivity index (χ0v) is 12.7. The molecule has 0 radical (unpaired) electrons. The molecule has 112 valence electrons. The summed E-state index contributed by atoms with van der Waals surface area (Å²) in [6.07, 6.45) is 5.26. The van der Waals surface area contributed by atoms with E-state index in [1.165, 1.54) is 44.8 Å². The van der Waals surface area contributed by atoms with Crippen molar-refractivity contribution in [3.63, 3.8) is 0 Å². The Labute approximate surface area is 121 Å². The predicted molar refractivity (Wildman–Crippen MR) is 79.2 cm³/mol. The van der Waals surface area contributed by atoms with E-state index in [0.717, 1.165) is 25.3 Å². The number of nitrogens with zero attached hydrogens (tertiary/aromatic N) is 3. The second-order valence-electron chi connectivity index (χ2n) is 5.60. The number of carbonyl (C=O) groups excluding carboxylic acids is 1. The standard InChI is InChI=1S/C15H26N4O/c1-3-4-5-6-7-18-8-9-19-15(12-18)10-14(17-19)11-16-13(2)20/h10H,3-9,11-12H2,1-2H3,(H,16,20). The molecule has 1 aromatic heterocycles. The zero-order valence-electron chi connectivity index (χ0n) is 12.7. The number of aromatic nitrogens is 2. The van der Waals surface area contributed by atoms with Gasteiger partial charge in [-0.3, -0.25) is 14.4 Å². The van der Waals surface area contributed by atoms with Crippen molar-refractivity contribution in [2.75, 3.05) is 13.1 Å². The van der Waals surface area contributed by atoms with Gasteiger partial charge in [-0.2, -0.15) is 5.10 Å². The summed E-state index contributed by atoms with van der Waals surface area (Å²) in [5.41, 5.74) is 2.23. The maximum absolute atomic E-state index is 10.9. The van der Waals surface area contributed by atoms with E-state index < -0.39 is 0 Å². The first-order valence-electron chi connectivity index (χ1n) is 7.71. The molecule has 1 amide bonds.